The smallest absolute Gasteiger partial charge is 0.262 e. The lowest BCUT2D eigenvalue weighted by Crippen LogP contribution is -2.14. The molecule has 8 heteroatoms. The molecule has 0 aliphatic carbocycles. The summed E-state index contributed by atoms with van der Waals surface area (Å²) < 4.78 is 28.6. The van der Waals surface area contributed by atoms with Crippen LogP contribution in [0.5, 0.6) is 0 Å². The zero-order chi connectivity index (χ0) is 18.3. The Hall–Kier alpha value is -3.13. The lowest BCUT2D eigenvalue weighted by Gasteiger charge is -2.17. The van der Waals surface area contributed by atoms with Crippen LogP contribution in [0.25, 0.3) is 21.8 Å². The first-order chi connectivity index (χ1) is 12.5. The highest BCUT2D eigenvalue weighted by Crippen LogP contribution is 2.31. The van der Waals surface area contributed by atoms with Gasteiger partial charge in [0.1, 0.15) is 11.0 Å². The van der Waals surface area contributed by atoms with E-state index in [1.54, 1.807) is 30.3 Å². The fourth-order valence-corrected chi connectivity index (χ4v) is 4.28. The van der Waals surface area contributed by atoms with E-state index >= 15 is 0 Å². The van der Waals surface area contributed by atoms with Crippen molar-refractivity contribution in [3.8, 4) is 0 Å². The third-order valence-corrected chi connectivity index (χ3v) is 5.64. The standard InChI is InChI=1S/C18H17N5O2S/c1-23(2)17-7-3-6-14-13(17)5-4-8-18(14)26(24,25)21-12-9-10-15-16(11-12)20-22-19-15/h3-11,21H,1-2H3,(H,19,20,22). The number of aromatic amines is 1. The normalized spacial score (nSPS) is 11.8. The minimum absolute atomic E-state index is 0.235. The summed E-state index contributed by atoms with van der Waals surface area (Å²) in [7, 11) is 0.103. The predicted molar refractivity (Wildman–Crippen MR) is 103 cm³/mol. The lowest BCUT2D eigenvalue weighted by molar-refractivity contribution is 0.602. The maximum atomic E-state index is 13.0. The minimum Gasteiger partial charge on any atom is -0.377 e. The molecule has 0 bridgehead atoms. The van der Waals surface area contributed by atoms with E-state index in [9.17, 15) is 8.42 Å². The van der Waals surface area contributed by atoms with Crippen LogP contribution in [-0.4, -0.2) is 37.9 Å². The maximum absolute atomic E-state index is 13.0. The molecular formula is C18H17N5O2S. The van der Waals surface area contributed by atoms with Gasteiger partial charge in [0.2, 0.25) is 0 Å². The quantitative estimate of drug-likeness (QED) is 0.579. The van der Waals surface area contributed by atoms with Crippen LogP contribution in [-0.2, 0) is 10.0 Å². The van der Waals surface area contributed by atoms with E-state index in [1.165, 1.54) is 0 Å². The molecule has 0 radical (unpaired) electrons. The largest absolute Gasteiger partial charge is 0.377 e. The van der Waals surface area contributed by atoms with E-state index in [0.29, 0.717) is 22.1 Å². The van der Waals surface area contributed by atoms with Crippen molar-refractivity contribution in [2.24, 2.45) is 0 Å². The molecule has 0 unspecified atom stereocenters. The molecule has 4 rings (SSSR count). The van der Waals surface area contributed by atoms with Crippen molar-refractivity contribution in [2.75, 3.05) is 23.7 Å². The van der Waals surface area contributed by atoms with Gasteiger partial charge in [-0.1, -0.05) is 24.3 Å². The van der Waals surface area contributed by atoms with Gasteiger partial charge < -0.3 is 4.90 Å². The monoisotopic (exact) mass is 367 g/mol. The molecule has 1 heterocycles. The van der Waals surface area contributed by atoms with Crippen molar-refractivity contribution in [1.82, 2.24) is 15.4 Å². The topological polar surface area (TPSA) is 91.0 Å². The van der Waals surface area contributed by atoms with E-state index in [-0.39, 0.29) is 4.90 Å². The van der Waals surface area contributed by atoms with Crippen LogP contribution in [0.2, 0.25) is 0 Å². The molecule has 4 aromatic rings. The van der Waals surface area contributed by atoms with Crippen molar-refractivity contribution < 1.29 is 8.42 Å². The van der Waals surface area contributed by atoms with E-state index in [0.717, 1.165) is 11.1 Å². The molecule has 3 aromatic carbocycles. The van der Waals surface area contributed by atoms with Crippen molar-refractivity contribution in [3.63, 3.8) is 0 Å². The Morgan fingerprint density at radius 3 is 2.46 bits per heavy atom. The van der Waals surface area contributed by atoms with Gasteiger partial charge >= 0.3 is 0 Å². The molecule has 0 atom stereocenters. The third-order valence-electron chi connectivity index (χ3n) is 4.20. The second kappa shape index (κ2) is 5.99. The van der Waals surface area contributed by atoms with Gasteiger partial charge in [-0.05, 0) is 30.3 Å². The number of hydrogen-bond donors (Lipinski definition) is 2. The number of sulfonamides is 1. The number of fused-ring (bicyclic) bond motifs is 2. The average molecular weight is 367 g/mol. The molecule has 0 fully saturated rings. The van der Waals surface area contributed by atoms with E-state index in [2.05, 4.69) is 20.1 Å². The molecule has 7 nitrogen and oxygen atoms in total. The fraction of sp³-hybridized carbons (Fsp3) is 0.111. The molecule has 132 valence electrons. The molecule has 1 aromatic heterocycles. The van der Waals surface area contributed by atoms with Gasteiger partial charge in [0.25, 0.3) is 10.0 Å². The van der Waals surface area contributed by atoms with Crippen LogP contribution in [0.3, 0.4) is 0 Å². The Bertz CT molecular complexity index is 1210. The van der Waals surface area contributed by atoms with Crippen molar-refractivity contribution in [3.05, 3.63) is 54.6 Å². The average Bonchev–Trinajstić information content (AvgIpc) is 3.08. The number of aromatic nitrogens is 3. The highest BCUT2D eigenvalue weighted by atomic mass is 32.2. The minimum atomic E-state index is -3.76. The second-order valence-corrected chi connectivity index (χ2v) is 7.81. The van der Waals surface area contributed by atoms with E-state index in [1.807, 2.05) is 43.3 Å². The molecule has 0 aliphatic heterocycles. The van der Waals surface area contributed by atoms with Gasteiger partial charge in [0.05, 0.1) is 10.6 Å². The summed E-state index contributed by atoms with van der Waals surface area (Å²) in [6.07, 6.45) is 0. The Balaban J connectivity index is 1.81. The zero-order valence-electron chi connectivity index (χ0n) is 14.3. The summed E-state index contributed by atoms with van der Waals surface area (Å²) in [5, 5.41) is 12.0. The van der Waals surface area contributed by atoms with Crippen molar-refractivity contribution in [2.45, 2.75) is 4.90 Å². The van der Waals surface area contributed by atoms with E-state index in [4.69, 9.17) is 0 Å². The number of nitrogens with one attached hydrogen (secondary N) is 2. The van der Waals surface area contributed by atoms with Crippen molar-refractivity contribution in [1.29, 1.82) is 0 Å². The Labute approximate surface area is 150 Å². The third kappa shape index (κ3) is 2.74. The highest BCUT2D eigenvalue weighted by Gasteiger charge is 2.19. The summed E-state index contributed by atoms with van der Waals surface area (Å²) in [4.78, 5) is 2.20. The summed E-state index contributed by atoms with van der Waals surface area (Å²) in [6.45, 7) is 0. The van der Waals surface area contributed by atoms with Crippen LogP contribution >= 0.6 is 0 Å². The van der Waals surface area contributed by atoms with E-state index < -0.39 is 10.0 Å². The molecular weight excluding hydrogens is 350 g/mol. The molecule has 26 heavy (non-hydrogen) atoms. The molecule has 0 saturated carbocycles. The zero-order valence-corrected chi connectivity index (χ0v) is 15.1. The van der Waals surface area contributed by atoms with Crippen LogP contribution in [0, 0.1) is 0 Å². The molecule has 2 N–H and O–H groups in total. The number of H-pyrrole nitrogens is 1. The van der Waals surface area contributed by atoms with Gasteiger partial charge in [0.15, 0.2) is 0 Å². The van der Waals surface area contributed by atoms with Crippen LogP contribution in [0.4, 0.5) is 11.4 Å². The van der Waals surface area contributed by atoms with Gasteiger partial charge in [0, 0.05) is 30.6 Å². The number of anilines is 2. The second-order valence-electron chi connectivity index (χ2n) is 6.16. The first-order valence-corrected chi connectivity index (χ1v) is 9.46. The van der Waals surface area contributed by atoms with Gasteiger partial charge in [-0.2, -0.15) is 15.4 Å². The van der Waals surface area contributed by atoms with Gasteiger partial charge in [-0.15, -0.1) is 0 Å². The lowest BCUT2D eigenvalue weighted by atomic mass is 10.1. The number of hydrogen-bond acceptors (Lipinski definition) is 5. The van der Waals surface area contributed by atoms with Gasteiger partial charge in [-0.25, -0.2) is 8.42 Å². The highest BCUT2D eigenvalue weighted by molar-refractivity contribution is 7.93. The maximum Gasteiger partial charge on any atom is 0.262 e. The summed E-state index contributed by atoms with van der Waals surface area (Å²) >= 11 is 0. The summed E-state index contributed by atoms with van der Waals surface area (Å²) in [6, 6.07) is 15.9. The van der Waals surface area contributed by atoms with Crippen LogP contribution in [0.1, 0.15) is 0 Å². The summed E-state index contributed by atoms with van der Waals surface area (Å²) in [5.74, 6) is 0. The Morgan fingerprint density at radius 1 is 0.923 bits per heavy atom. The number of benzene rings is 3. The summed E-state index contributed by atoms with van der Waals surface area (Å²) in [5.41, 5.74) is 2.67. The van der Waals surface area contributed by atoms with Crippen molar-refractivity contribution >= 4 is 43.2 Å². The van der Waals surface area contributed by atoms with Gasteiger partial charge in [-0.3, -0.25) is 4.72 Å². The molecule has 0 spiro atoms. The first kappa shape index (κ1) is 16.3. The SMILES string of the molecule is CN(C)c1cccc2c(S(=O)(=O)Nc3ccc4n[nH]nc4c3)cccc12. The van der Waals surface area contributed by atoms with Crippen LogP contribution in [0.15, 0.2) is 59.5 Å². The van der Waals surface area contributed by atoms with Crippen LogP contribution < -0.4 is 9.62 Å². The Kier molecular flexibility index (Phi) is 3.77. The first-order valence-electron chi connectivity index (χ1n) is 7.98. The Morgan fingerprint density at radius 2 is 1.65 bits per heavy atom. The molecule has 0 amide bonds. The predicted octanol–water partition coefficient (Wildman–Crippen LogP) is 2.98. The number of nitrogens with zero attached hydrogens (tertiary/aromatic N) is 3. The molecule has 0 saturated heterocycles. The molecule has 0 aliphatic rings. The number of rotatable bonds is 4. The fourth-order valence-electron chi connectivity index (χ4n) is 3.00.